The van der Waals surface area contributed by atoms with Gasteiger partial charge >= 0.3 is 0 Å². The van der Waals surface area contributed by atoms with Crippen molar-refractivity contribution in [3.8, 4) is 33.4 Å². The Kier molecular flexibility index (Phi) is 14.7. The molecular formula is C94H75FN2. The number of rotatable bonds is 13. The topological polar surface area (TPSA) is 6.48 Å². The molecule has 2 aliphatic rings. The molecule has 0 saturated heterocycles. The number of benzene rings is 14. The van der Waals surface area contributed by atoms with Crippen molar-refractivity contribution in [3.63, 3.8) is 0 Å². The maximum atomic E-state index is 18.0. The van der Waals surface area contributed by atoms with Crippen LogP contribution in [0.25, 0.3) is 67.1 Å². The largest absolute Gasteiger partial charge is 0.310 e. The van der Waals surface area contributed by atoms with E-state index in [0.29, 0.717) is 11.3 Å². The van der Waals surface area contributed by atoms with Gasteiger partial charge in [-0.2, -0.15) is 0 Å². The minimum Gasteiger partial charge on any atom is -0.310 e. The minimum atomic E-state index is -0.693. The van der Waals surface area contributed by atoms with Crippen LogP contribution in [0.3, 0.4) is 0 Å². The first-order valence-corrected chi connectivity index (χ1v) is 33.8. The van der Waals surface area contributed by atoms with Crippen LogP contribution < -0.4 is 9.80 Å². The van der Waals surface area contributed by atoms with Crippen LogP contribution >= 0.6 is 0 Å². The van der Waals surface area contributed by atoms with Crippen LogP contribution in [0, 0.1) is 5.82 Å². The fraction of sp³-hybridized carbons (Fsp3) is 0.106. The van der Waals surface area contributed by atoms with Crippen molar-refractivity contribution in [1.82, 2.24) is 0 Å². The van der Waals surface area contributed by atoms with Gasteiger partial charge < -0.3 is 9.80 Å². The lowest BCUT2D eigenvalue weighted by atomic mass is 9.67. The number of anilines is 6. The van der Waals surface area contributed by atoms with Gasteiger partial charge in [-0.1, -0.05) is 310 Å². The molecule has 0 aromatic heterocycles. The third kappa shape index (κ3) is 9.89. The summed E-state index contributed by atoms with van der Waals surface area (Å²) in [5, 5.41) is 4.41. The fourth-order valence-corrected chi connectivity index (χ4v) is 15.9. The molecule has 14 aromatic rings. The van der Waals surface area contributed by atoms with E-state index in [1.165, 1.54) is 66.8 Å². The van der Waals surface area contributed by atoms with Gasteiger partial charge in [0.05, 0.1) is 22.2 Å². The molecule has 97 heavy (non-hydrogen) atoms. The number of hydrogen-bond acceptors (Lipinski definition) is 2. The van der Waals surface area contributed by atoms with Crippen LogP contribution in [-0.2, 0) is 21.7 Å². The van der Waals surface area contributed by atoms with Crippen molar-refractivity contribution < 1.29 is 4.39 Å². The standard InChI is InChI=1S/C94H75FN2/c1-9-62-33-39-69(40-34-62)93(71-47-43-67(44-48-71)91(3,4)5)84-29-17-15-27-80(84)82-57-54-74(59-86(82)93)96(89-31-19-23-64-21-11-13-25-78(64)89)73-51-37-66(38-52-73)77-56-53-76(61-88(77)95)97(90-32-20-24-65-22-12-14-26-79(65)90)75-55-58-83-81-28-16-18-30-85(81)94(87(83)60-75,70-41-35-63(10-2)36-42-70)72-49-45-68(46-50-72)92(6,7)8/h9-61H,1-2H2,3-8H3. The Balaban J connectivity index is 0.835. The lowest BCUT2D eigenvalue weighted by molar-refractivity contribution is 0.589. The SMILES string of the molecule is C=Cc1ccc(C2(c3ccc(C(C)(C)C)cc3)c3ccccc3-c3ccc(N(c4ccc(-c5ccc(N(c6ccc7c(c6)C(c6ccc(C=C)cc6)(c6ccc(C(C)(C)C)cc6)c6ccccc6-7)c6cccc7ccccc67)cc5F)cc4)c4cccc5ccccc45)cc32)cc1. The van der Waals surface area contributed by atoms with Crippen LogP contribution in [-0.4, -0.2) is 0 Å². The Morgan fingerprint density at radius 2 is 0.649 bits per heavy atom. The Bertz CT molecular complexity index is 5380. The summed E-state index contributed by atoms with van der Waals surface area (Å²) in [4.78, 5) is 4.63. The van der Waals surface area contributed by atoms with E-state index in [-0.39, 0.29) is 16.6 Å². The van der Waals surface area contributed by atoms with Gasteiger partial charge in [0.2, 0.25) is 0 Å². The zero-order chi connectivity index (χ0) is 66.4. The van der Waals surface area contributed by atoms with Crippen molar-refractivity contribution in [2.75, 3.05) is 9.80 Å². The third-order valence-electron chi connectivity index (χ3n) is 20.8. The summed E-state index contributed by atoms with van der Waals surface area (Å²) in [6.45, 7) is 21.9. The molecular weight excluding hydrogens is 1180 g/mol. The lowest BCUT2D eigenvalue weighted by Gasteiger charge is -2.35. The normalized spacial score (nSPS) is 15.3. The number of fused-ring (bicyclic) bond motifs is 8. The van der Waals surface area contributed by atoms with Gasteiger partial charge in [0.25, 0.3) is 0 Å². The van der Waals surface area contributed by atoms with E-state index < -0.39 is 10.8 Å². The maximum Gasteiger partial charge on any atom is 0.133 e. The van der Waals surface area contributed by atoms with E-state index in [0.717, 1.165) is 77.8 Å². The van der Waals surface area contributed by atoms with Gasteiger partial charge in [-0.15, -0.1) is 0 Å². The second-order valence-corrected chi connectivity index (χ2v) is 28.2. The first-order chi connectivity index (χ1) is 47.2. The average molecular weight is 1250 g/mol. The average Bonchev–Trinajstić information content (AvgIpc) is 1.57. The molecule has 3 heteroatoms. The van der Waals surface area contributed by atoms with E-state index in [2.05, 4.69) is 362 Å². The number of hydrogen-bond donors (Lipinski definition) is 0. The van der Waals surface area contributed by atoms with Gasteiger partial charge in [0.15, 0.2) is 0 Å². The fourth-order valence-electron chi connectivity index (χ4n) is 15.9. The Morgan fingerprint density at radius 1 is 0.309 bits per heavy atom. The molecule has 0 radical (unpaired) electrons. The molecule has 2 aliphatic carbocycles. The Labute approximate surface area is 570 Å². The van der Waals surface area contributed by atoms with E-state index >= 15 is 4.39 Å². The molecule has 0 N–H and O–H groups in total. The quantitative estimate of drug-likeness (QED) is 0.114. The highest BCUT2D eigenvalue weighted by molar-refractivity contribution is 6.02. The predicted molar refractivity (Wildman–Crippen MR) is 408 cm³/mol. The van der Waals surface area contributed by atoms with E-state index in [4.69, 9.17) is 0 Å². The Morgan fingerprint density at radius 3 is 1.06 bits per heavy atom. The summed E-state index contributed by atoms with van der Waals surface area (Å²) < 4.78 is 18.0. The summed E-state index contributed by atoms with van der Waals surface area (Å²) in [6.07, 6.45) is 3.82. The van der Waals surface area contributed by atoms with Gasteiger partial charge in [0.1, 0.15) is 5.82 Å². The summed E-state index contributed by atoms with van der Waals surface area (Å²) in [6, 6.07) is 112. The summed E-state index contributed by atoms with van der Waals surface area (Å²) >= 11 is 0. The van der Waals surface area contributed by atoms with Gasteiger partial charge in [0, 0.05) is 39.1 Å². The minimum absolute atomic E-state index is 0.0209. The molecule has 14 aromatic carbocycles. The molecule has 0 aliphatic heterocycles. The maximum absolute atomic E-state index is 18.0. The molecule has 16 rings (SSSR count). The molecule has 0 bridgehead atoms. The molecule has 0 amide bonds. The predicted octanol–water partition coefficient (Wildman–Crippen LogP) is 25.3. The molecule has 0 spiro atoms. The van der Waals surface area contributed by atoms with Crippen LogP contribution in [0.4, 0.5) is 38.5 Å². The van der Waals surface area contributed by atoms with Gasteiger partial charge in [-0.3, -0.25) is 0 Å². The molecule has 2 nitrogen and oxygen atoms in total. The van der Waals surface area contributed by atoms with Crippen molar-refractivity contribution in [2.24, 2.45) is 0 Å². The summed E-state index contributed by atoms with van der Waals surface area (Å²) in [5.41, 5.74) is 24.5. The third-order valence-corrected chi connectivity index (χ3v) is 20.8. The molecule has 0 saturated carbocycles. The van der Waals surface area contributed by atoms with Crippen LogP contribution in [0.1, 0.15) is 108 Å². The van der Waals surface area contributed by atoms with Crippen molar-refractivity contribution in [3.05, 3.63) is 395 Å². The summed E-state index contributed by atoms with van der Waals surface area (Å²) in [5.74, 6) is -0.322. The van der Waals surface area contributed by atoms with Crippen molar-refractivity contribution in [1.29, 1.82) is 0 Å². The van der Waals surface area contributed by atoms with Crippen molar-refractivity contribution in [2.45, 2.75) is 63.2 Å². The molecule has 2 atom stereocenters. The second kappa shape index (κ2) is 23.5. The van der Waals surface area contributed by atoms with Gasteiger partial charge in [-0.05, 0) is 183 Å². The van der Waals surface area contributed by atoms with Crippen molar-refractivity contribution >= 4 is 67.8 Å². The van der Waals surface area contributed by atoms with Crippen LogP contribution in [0.2, 0.25) is 0 Å². The zero-order valence-electron chi connectivity index (χ0n) is 55.8. The van der Waals surface area contributed by atoms with E-state index in [9.17, 15) is 0 Å². The van der Waals surface area contributed by atoms with Gasteiger partial charge in [-0.25, -0.2) is 4.39 Å². The highest BCUT2D eigenvalue weighted by atomic mass is 19.1. The monoisotopic (exact) mass is 1250 g/mol. The molecule has 2 unspecified atom stereocenters. The van der Waals surface area contributed by atoms with Crippen LogP contribution in [0.15, 0.2) is 323 Å². The first kappa shape index (κ1) is 60.5. The van der Waals surface area contributed by atoms with E-state index in [1.54, 1.807) is 6.07 Å². The number of nitrogens with zero attached hydrogens (tertiary/aromatic N) is 2. The summed E-state index contributed by atoms with van der Waals surface area (Å²) in [7, 11) is 0. The Hall–Kier alpha value is -11.4. The molecule has 0 heterocycles. The van der Waals surface area contributed by atoms with E-state index in [1.807, 2.05) is 18.2 Å². The smallest absolute Gasteiger partial charge is 0.133 e. The highest BCUT2D eigenvalue weighted by Gasteiger charge is 2.48. The highest BCUT2D eigenvalue weighted by Crippen LogP contribution is 2.60. The lowest BCUT2D eigenvalue weighted by Crippen LogP contribution is -2.29. The number of halogens is 1. The molecule has 0 fully saturated rings. The zero-order valence-corrected chi connectivity index (χ0v) is 55.8. The van der Waals surface area contributed by atoms with Crippen LogP contribution in [0.5, 0.6) is 0 Å². The second-order valence-electron chi connectivity index (χ2n) is 28.2. The first-order valence-electron chi connectivity index (χ1n) is 33.8. The molecule has 468 valence electrons.